The Bertz CT molecular complexity index is 1400. The van der Waals surface area contributed by atoms with Crippen LogP contribution in [0.3, 0.4) is 0 Å². The molecule has 3 aromatic carbocycles. The van der Waals surface area contributed by atoms with E-state index in [2.05, 4.69) is 5.32 Å². The van der Waals surface area contributed by atoms with Gasteiger partial charge in [-0.3, -0.25) is 13.9 Å². The maximum atomic E-state index is 13.9. The van der Waals surface area contributed by atoms with Crippen molar-refractivity contribution in [3.63, 3.8) is 0 Å². The molecule has 0 aliphatic heterocycles. The SMILES string of the molecule is CC[C@@H](C(=O)NC)N(Cc1c(Cl)cccc1Cl)C(=O)CN(c1ccc(Cl)cc1Cl)S(=O)(=O)c1ccccc1. The highest BCUT2D eigenvalue weighted by Crippen LogP contribution is 2.33. The van der Waals surface area contributed by atoms with Gasteiger partial charge in [0, 0.05) is 34.2 Å². The maximum Gasteiger partial charge on any atom is 0.264 e. The third-order valence-corrected chi connectivity index (χ3v) is 8.83. The molecule has 0 aromatic heterocycles. The lowest BCUT2D eigenvalue weighted by atomic mass is 10.1. The molecule has 0 bridgehead atoms. The highest BCUT2D eigenvalue weighted by molar-refractivity contribution is 7.92. The van der Waals surface area contributed by atoms with Crippen molar-refractivity contribution < 1.29 is 18.0 Å². The summed E-state index contributed by atoms with van der Waals surface area (Å²) in [6.07, 6.45) is 0.251. The molecule has 202 valence electrons. The summed E-state index contributed by atoms with van der Waals surface area (Å²) in [5.74, 6) is -1.09. The van der Waals surface area contributed by atoms with Crippen molar-refractivity contribution in [2.45, 2.75) is 30.8 Å². The third-order valence-electron chi connectivity index (χ3n) is 5.81. The van der Waals surface area contributed by atoms with Crippen LogP contribution in [0, 0.1) is 0 Å². The summed E-state index contributed by atoms with van der Waals surface area (Å²) in [5, 5.41) is 3.49. The standard InChI is InChI=1S/C26H25Cl4N3O4S/c1-3-23(26(35)31-2)32(15-19-20(28)10-7-11-21(19)29)25(34)16-33(24-13-12-17(27)14-22(24)30)38(36,37)18-8-5-4-6-9-18/h4-14,23H,3,15-16H2,1-2H3,(H,31,35)/t23-/m0/s1. The Morgan fingerprint density at radius 2 is 1.53 bits per heavy atom. The van der Waals surface area contributed by atoms with Crippen molar-refractivity contribution in [1.29, 1.82) is 0 Å². The Kier molecular flexibility index (Phi) is 10.3. The van der Waals surface area contributed by atoms with Crippen molar-refractivity contribution in [3.05, 3.63) is 92.4 Å². The minimum absolute atomic E-state index is 0.0313. The number of nitrogens with zero attached hydrogens (tertiary/aromatic N) is 2. The topological polar surface area (TPSA) is 86.8 Å². The maximum absolute atomic E-state index is 13.9. The van der Waals surface area contributed by atoms with E-state index < -0.39 is 34.4 Å². The van der Waals surface area contributed by atoms with Gasteiger partial charge in [0.2, 0.25) is 11.8 Å². The highest BCUT2D eigenvalue weighted by Gasteiger charge is 2.34. The van der Waals surface area contributed by atoms with E-state index in [0.717, 1.165) is 4.31 Å². The first kappa shape index (κ1) is 30.1. The molecule has 7 nitrogen and oxygen atoms in total. The average Bonchev–Trinajstić information content (AvgIpc) is 2.89. The Balaban J connectivity index is 2.12. The molecule has 1 N–H and O–H groups in total. The molecule has 1 atom stereocenters. The molecule has 12 heteroatoms. The van der Waals surface area contributed by atoms with Gasteiger partial charge in [0.15, 0.2) is 0 Å². The lowest BCUT2D eigenvalue weighted by molar-refractivity contribution is -0.140. The van der Waals surface area contributed by atoms with E-state index in [9.17, 15) is 18.0 Å². The summed E-state index contributed by atoms with van der Waals surface area (Å²) in [6.45, 7) is 0.952. The zero-order chi connectivity index (χ0) is 28.0. The number of nitrogens with one attached hydrogen (secondary N) is 1. The van der Waals surface area contributed by atoms with Gasteiger partial charge in [-0.05, 0) is 48.9 Å². The van der Waals surface area contributed by atoms with Gasteiger partial charge in [-0.2, -0.15) is 0 Å². The van der Waals surface area contributed by atoms with Crippen LogP contribution in [0.2, 0.25) is 20.1 Å². The second-order valence-corrected chi connectivity index (χ2v) is 11.7. The van der Waals surface area contributed by atoms with Crippen LogP contribution in [0.15, 0.2) is 71.6 Å². The minimum atomic E-state index is -4.26. The largest absolute Gasteiger partial charge is 0.357 e. The molecule has 2 amide bonds. The Hall–Kier alpha value is -2.49. The zero-order valence-electron chi connectivity index (χ0n) is 20.5. The predicted octanol–water partition coefficient (Wildman–Crippen LogP) is 6.05. The normalized spacial score (nSPS) is 12.1. The number of rotatable bonds is 10. The molecule has 3 aromatic rings. The van der Waals surface area contributed by atoms with E-state index in [1.54, 1.807) is 43.3 Å². The lowest BCUT2D eigenvalue weighted by Gasteiger charge is -2.33. The average molecular weight is 617 g/mol. The molecule has 0 saturated carbocycles. The minimum Gasteiger partial charge on any atom is -0.357 e. The van der Waals surface area contributed by atoms with Crippen LogP contribution in [-0.4, -0.2) is 44.8 Å². The highest BCUT2D eigenvalue weighted by atomic mass is 35.5. The second kappa shape index (κ2) is 13.0. The number of anilines is 1. The molecule has 0 heterocycles. The van der Waals surface area contributed by atoms with Crippen LogP contribution in [0.5, 0.6) is 0 Å². The molecule has 38 heavy (non-hydrogen) atoms. The van der Waals surface area contributed by atoms with Gasteiger partial charge in [-0.15, -0.1) is 0 Å². The molecule has 0 fully saturated rings. The first-order valence-electron chi connectivity index (χ1n) is 11.5. The quantitative estimate of drug-likeness (QED) is 0.300. The number of halogens is 4. The number of likely N-dealkylation sites (N-methyl/N-ethyl adjacent to an activating group) is 1. The first-order valence-corrected chi connectivity index (χ1v) is 14.4. The van der Waals surface area contributed by atoms with Crippen LogP contribution in [-0.2, 0) is 26.2 Å². The van der Waals surface area contributed by atoms with Crippen molar-refractivity contribution in [1.82, 2.24) is 10.2 Å². The van der Waals surface area contributed by atoms with Gasteiger partial charge in [0.1, 0.15) is 12.6 Å². The summed E-state index contributed by atoms with van der Waals surface area (Å²) in [6, 6.07) is 15.9. The third kappa shape index (κ3) is 6.74. The van der Waals surface area contributed by atoms with E-state index in [0.29, 0.717) is 20.6 Å². The van der Waals surface area contributed by atoms with Crippen molar-refractivity contribution in [2.75, 3.05) is 17.9 Å². The Labute approximate surface area is 242 Å². The molecule has 3 rings (SSSR count). The number of benzene rings is 3. The van der Waals surface area contributed by atoms with Gasteiger partial charge < -0.3 is 10.2 Å². The van der Waals surface area contributed by atoms with Crippen molar-refractivity contribution in [2.24, 2.45) is 0 Å². The molecule has 0 aliphatic rings. The van der Waals surface area contributed by atoms with Gasteiger partial charge in [-0.25, -0.2) is 8.42 Å². The van der Waals surface area contributed by atoms with Crippen molar-refractivity contribution in [3.8, 4) is 0 Å². The second-order valence-electron chi connectivity index (χ2n) is 8.18. The van der Waals surface area contributed by atoms with Crippen LogP contribution in [0.25, 0.3) is 0 Å². The smallest absolute Gasteiger partial charge is 0.264 e. The molecular weight excluding hydrogens is 592 g/mol. The first-order chi connectivity index (χ1) is 18.0. The summed E-state index contributed by atoms with van der Waals surface area (Å²) in [4.78, 5) is 27.9. The van der Waals surface area contributed by atoms with Crippen LogP contribution in [0.1, 0.15) is 18.9 Å². The van der Waals surface area contributed by atoms with Crippen molar-refractivity contribution >= 4 is 73.9 Å². The number of hydrogen-bond acceptors (Lipinski definition) is 4. The fourth-order valence-corrected chi connectivity index (χ4v) is 6.39. The molecule has 0 saturated heterocycles. The van der Waals surface area contributed by atoms with Gasteiger partial charge in [0.25, 0.3) is 10.0 Å². The Morgan fingerprint density at radius 3 is 2.08 bits per heavy atom. The van der Waals surface area contributed by atoms with Crippen LogP contribution in [0.4, 0.5) is 5.69 Å². The molecule has 0 aliphatic carbocycles. The van der Waals surface area contributed by atoms with E-state index in [1.165, 1.54) is 42.3 Å². The van der Waals surface area contributed by atoms with Gasteiger partial charge >= 0.3 is 0 Å². The Morgan fingerprint density at radius 1 is 0.895 bits per heavy atom. The van der Waals surface area contributed by atoms with E-state index in [-0.39, 0.29) is 28.6 Å². The van der Waals surface area contributed by atoms with Gasteiger partial charge in [0.05, 0.1) is 15.6 Å². The number of amides is 2. The molecule has 0 spiro atoms. The number of carbonyl (C=O) groups is 2. The van der Waals surface area contributed by atoms with E-state index >= 15 is 0 Å². The van der Waals surface area contributed by atoms with Crippen LogP contribution < -0.4 is 9.62 Å². The monoisotopic (exact) mass is 615 g/mol. The number of carbonyl (C=O) groups excluding carboxylic acids is 2. The van der Waals surface area contributed by atoms with Gasteiger partial charge in [-0.1, -0.05) is 77.6 Å². The molecule has 0 radical (unpaired) electrons. The lowest BCUT2D eigenvalue weighted by Crippen LogP contribution is -2.51. The number of hydrogen-bond donors (Lipinski definition) is 1. The molecule has 0 unspecified atom stereocenters. The summed E-state index contributed by atoms with van der Waals surface area (Å²) in [7, 11) is -2.81. The fourth-order valence-electron chi connectivity index (χ4n) is 3.86. The summed E-state index contributed by atoms with van der Waals surface area (Å²) in [5.41, 5.74) is 0.477. The predicted molar refractivity (Wildman–Crippen MR) is 153 cm³/mol. The summed E-state index contributed by atoms with van der Waals surface area (Å²) < 4.78 is 28.4. The fraction of sp³-hybridized carbons (Fsp3) is 0.231. The van der Waals surface area contributed by atoms with Crippen LogP contribution >= 0.6 is 46.4 Å². The van der Waals surface area contributed by atoms with E-state index in [1.807, 2.05) is 0 Å². The number of sulfonamides is 1. The van der Waals surface area contributed by atoms with E-state index in [4.69, 9.17) is 46.4 Å². The zero-order valence-corrected chi connectivity index (χ0v) is 24.3. The molecular formula is C26H25Cl4N3O4S. The summed E-state index contributed by atoms with van der Waals surface area (Å²) >= 11 is 25.2.